The molecule has 0 aliphatic rings. The summed E-state index contributed by atoms with van der Waals surface area (Å²) < 4.78 is 39.1. The molecule has 0 spiro atoms. The van der Waals surface area contributed by atoms with Crippen LogP contribution in [0, 0.1) is 0 Å². The van der Waals surface area contributed by atoms with Crippen molar-refractivity contribution in [2.24, 2.45) is 0 Å². The minimum absolute atomic E-state index is 0.0916. The lowest BCUT2D eigenvalue weighted by Crippen LogP contribution is -2.29. The highest BCUT2D eigenvalue weighted by atomic mass is 32.1. The van der Waals surface area contributed by atoms with E-state index in [1.807, 2.05) is 0 Å². The Kier molecular flexibility index (Phi) is 5.31. The van der Waals surface area contributed by atoms with E-state index in [9.17, 15) is 22.8 Å². The van der Waals surface area contributed by atoms with Crippen LogP contribution in [-0.4, -0.2) is 27.4 Å². The predicted molar refractivity (Wildman–Crippen MR) is 96.4 cm³/mol. The third-order valence-corrected chi connectivity index (χ3v) is 4.96. The van der Waals surface area contributed by atoms with Crippen molar-refractivity contribution < 1.29 is 18.0 Å². The molecule has 0 N–H and O–H groups in total. The van der Waals surface area contributed by atoms with Gasteiger partial charge in [-0.25, -0.2) is 4.98 Å². The topological polar surface area (TPSA) is 55.2 Å². The highest BCUT2D eigenvalue weighted by molar-refractivity contribution is 7.16. The van der Waals surface area contributed by atoms with Gasteiger partial charge in [0.25, 0.3) is 5.56 Å². The molecule has 27 heavy (non-hydrogen) atoms. The molecular formula is C18H16F3N3O2S. The molecule has 0 saturated carbocycles. The third kappa shape index (κ3) is 4.36. The number of alkyl halides is 3. The Morgan fingerprint density at radius 2 is 1.93 bits per heavy atom. The Balaban J connectivity index is 1.60. The largest absolute Gasteiger partial charge is 0.416 e. The number of aromatic nitrogens is 2. The van der Waals surface area contributed by atoms with Gasteiger partial charge in [0.2, 0.25) is 5.91 Å². The summed E-state index contributed by atoms with van der Waals surface area (Å²) in [5, 5.41) is 2.31. The van der Waals surface area contributed by atoms with Crippen LogP contribution in [0.2, 0.25) is 0 Å². The molecule has 3 aromatic rings. The van der Waals surface area contributed by atoms with Gasteiger partial charge in [0, 0.05) is 26.6 Å². The number of hydrogen-bond donors (Lipinski definition) is 0. The van der Waals surface area contributed by atoms with Crippen LogP contribution >= 0.6 is 11.3 Å². The van der Waals surface area contributed by atoms with Gasteiger partial charge in [0.05, 0.1) is 17.3 Å². The number of fused-ring (bicyclic) bond motifs is 1. The van der Waals surface area contributed by atoms with Gasteiger partial charge in [-0.05, 0) is 29.1 Å². The van der Waals surface area contributed by atoms with E-state index in [1.165, 1.54) is 39.3 Å². The normalized spacial score (nSPS) is 11.7. The SMILES string of the molecule is CN(Cc1ccc(C(F)(F)F)cc1)C(=O)CCn1cnc2sccc2c1=O. The van der Waals surface area contributed by atoms with Crippen molar-refractivity contribution in [1.82, 2.24) is 14.5 Å². The maximum atomic E-state index is 12.6. The molecule has 5 nitrogen and oxygen atoms in total. The van der Waals surface area contributed by atoms with E-state index in [1.54, 1.807) is 18.5 Å². The molecule has 0 fully saturated rings. The van der Waals surface area contributed by atoms with Crippen molar-refractivity contribution in [2.45, 2.75) is 25.7 Å². The van der Waals surface area contributed by atoms with Gasteiger partial charge in [-0.2, -0.15) is 13.2 Å². The molecule has 142 valence electrons. The van der Waals surface area contributed by atoms with Crippen molar-refractivity contribution in [2.75, 3.05) is 7.05 Å². The zero-order valence-corrected chi connectivity index (χ0v) is 15.2. The van der Waals surface area contributed by atoms with Crippen LogP contribution < -0.4 is 5.56 Å². The molecule has 0 bridgehead atoms. The van der Waals surface area contributed by atoms with E-state index >= 15 is 0 Å². The molecule has 9 heteroatoms. The highest BCUT2D eigenvalue weighted by Gasteiger charge is 2.29. The molecule has 0 radical (unpaired) electrons. The van der Waals surface area contributed by atoms with Gasteiger partial charge in [0.1, 0.15) is 4.83 Å². The fourth-order valence-corrected chi connectivity index (χ4v) is 3.34. The Labute approximate surface area is 156 Å². The molecule has 1 aromatic carbocycles. The Hall–Kier alpha value is -2.68. The molecule has 0 aliphatic carbocycles. The quantitative estimate of drug-likeness (QED) is 0.664. The van der Waals surface area contributed by atoms with Crippen LogP contribution in [0.15, 0.2) is 46.8 Å². The van der Waals surface area contributed by atoms with Crippen molar-refractivity contribution in [3.63, 3.8) is 0 Å². The number of nitrogens with zero attached hydrogens (tertiary/aromatic N) is 3. The van der Waals surface area contributed by atoms with Crippen molar-refractivity contribution in [3.8, 4) is 0 Å². The summed E-state index contributed by atoms with van der Waals surface area (Å²) in [6, 6.07) is 6.39. The van der Waals surface area contributed by atoms with Crippen LogP contribution in [0.4, 0.5) is 13.2 Å². The summed E-state index contributed by atoms with van der Waals surface area (Å²) in [4.78, 5) is 30.8. The first-order valence-corrected chi connectivity index (χ1v) is 8.96. The summed E-state index contributed by atoms with van der Waals surface area (Å²) in [6.07, 6.45) is -2.87. The lowest BCUT2D eigenvalue weighted by atomic mass is 10.1. The Morgan fingerprint density at radius 3 is 2.59 bits per heavy atom. The minimum atomic E-state index is -4.38. The number of benzene rings is 1. The van der Waals surface area contributed by atoms with Crippen molar-refractivity contribution >= 4 is 27.5 Å². The molecule has 0 atom stereocenters. The van der Waals surface area contributed by atoms with Gasteiger partial charge < -0.3 is 4.90 Å². The lowest BCUT2D eigenvalue weighted by molar-refractivity contribution is -0.137. The number of halogens is 3. The molecule has 0 saturated heterocycles. The zero-order valence-electron chi connectivity index (χ0n) is 14.4. The van der Waals surface area contributed by atoms with Gasteiger partial charge in [-0.1, -0.05) is 12.1 Å². The first-order chi connectivity index (χ1) is 12.8. The molecule has 0 unspecified atom stereocenters. The van der Waals surface area contributed by atoms with E-state index in [4.69, 9.17) is 0 Å². The average Bonchev–Trinajstić information content (AvgIpc) is 3.10. The standard InChI is InChI=1S/C18H16F3N3O2S/c1-23(10-12-2-4-13(5-3-12)18(19,20)21)15(25)6-8-24-11-22-16-14(17(24)26)7-9-27-16/h2-5,7,9,11H,6,8,10H2,1H3. The lowest BCUT2D eigenvalue weighted by Gasteiger charge is -2.18. The Morgan fingerprint density at radius 1 is 1.22 bits per heavy atom. The fourth-order valence-electron chi connectivity index (χ4n) is 2.62. The predicted octanol–water partition coefficient (Wildman–Crippen LogP) is 3.53. The van der Waals surface area contributed by atoms with Crippen LogP contribution in [0.1, 0.15) is 17.5 Å². The number of carbonyl (C=O) groups excluding carboxylic acids is 1. The molecular weight excluding hydrogens is 379 g/mol. The van der Waals surface area contributed by atoms with Crippen LogP contribution in [0.5, 0.6) is 0 Å². The molecule has 2 aromatic heterocycles. The van der Waals surface area contributed by atoms with Gasteiger partial charge >= 0.3 is 6.18 Å². The van der Waals surface area contributed by atoms with Crippen LogP contribution in [0.3, 0.4) is 0 Å². The smallest absolute Gasteiger partial charge is 0.341 e. The molecule has 2 heterocycles. The fraction of sp³-hybridized carbons (Fsp3) is 0.278. The first kappa shape index (κ1) is 19.1. The zero-order chi connectivity index (χ0) is 19.6. The minimum Gasteiger partial charge on any atom is -0.341 e. The second-order valence-electron chi connectivity index (χ2n) is 6.08. The van der Waals surface area contributed by atoms with Gasteiger partial charge in [-0.15, -0.1) is 11.3 Å². The highest BCUT2D eigenvalue weighted by Crippen LogP contribution is 2.29. The molecule has 0 aliphatic heterocycles. The van der Waals surface area contributed by atoms with E-state index in [0.717, 1.165) is 12.1 Å². The second-order valence-corrected chi connectivity index (χ2v) is 6.97. The number of carbonyl (C=O) groups is 1. The summed E-state index contributed by atoms with van der Waals surface area (Å²) in [6.45, 7) is 0.376. The van der Waals surface area contributed by atoms with E-state index in [-0.39, 0.29) is 31.0 Å². The Bertz CT molecular complexity index is 1010. The second kappa shape index (κ2) is 7.51. The van der Waals surface area contributed by atoms with Crippen molar-refractivity contribution in [3.05, 3.63) is 63.5 Å². The van der Waals surface area contributed by atoms with E-state index in [2.05, 4.69) is 4.98 Å². The number of rotatable bonds is 5. The molecule has 1 amide bonds. The summed E-state index contributed by atoms with van der Waals surface area (Å²) in [5.41, 5.74) is -0.326. The average molecular weight is 395 g/mol. The monoisotopic (exact) mass is 395 g/mol. The van der Waals surface area contributed by atoms with Gasteiger partial charge in [-0.3, -0.25) is 14.2 Å². The van der Waals surface area contributed by atoms with E-state index < -0.39 is 11.7 Å². The summed E-state index contributed by atoms with van der Waals surface area (Å²) in [7, 11) is 1.57. The first-order valence-electron chi connectivity index (χ1n) is 8.08. The number of aryl methyl sites for hydroxylation is 1. The molecule has 3 rings (SSSR count). The number of hydrogen-bond acceptors (Lipinski definition) is 4. The maximum absolute atomic E-state index is 12.6. The number of amides is 1. The summed E-state index contributed by atoms with van der Waals surface area (Å²) >= 11 is 1.37. The third-order valence-electron chi connectivity index (χ3n) is 4.14. The van der Waals surface area contributed by atoms with Crippen LogP contribution in [-0.2, 0) is 24.1 Å². The maximum Gasteiger partial charge on any atom is 0.416 e. The van der Waals surface area contributed by atoms with E-state index in [0.29, 0.717) is 15.8 Å². The van der Waals surface area contributed by atoms with Crippen molar-refractivity contribution in [1.29, 1.82) is 0 Å². The number of thiophene rings is 1. The van der Waals surface area contributed by atoms with Gasteiger partial charge in [0.15, 0.2) is 0 Å². The summed E-state index contributed by atoms with van der Waals surface area (Å²) in [5.74, 6) is -0.216. The van der Waals surface area contributed by atoms with Crippen LogP contribution in [0.25, 0.3) is 10.2 Å².